The molecular formula is C25H32N2O4. The zero-order valence-electron chi connectivity index (χ0n) is 18.1. The third-order valence-electron chi connectivity index (χ3n) is 4.70. The second kappa shape index (κ2) is 12.6. The smallest absolute Gasteiger partial charge is 0.121 e. The lowest BCUT2D eigenvalue weighted by molar-refractivity contribution is 0.186. The second-order valence-corrected chi connectivity index (χ2v) is 6.93. The van der Waals surface area contributed by atoms with E-state index in [0.29, 0.717) is 17.7 Å². The molecule has 0 aliphatic rings. The average molecular weight is 425 g/mol. The van der Waals surface area contributed by atoms with E-state index < -0.39 is 6.10 Å². The van der Waals surface area contributed by atoms with Gasteiger partial charge in [0.15, 0.2) is 0 Å². The van der Waals surface area contributed by atoms with E-state index in [1.165, 1.54) is 17.7 Å². The normalized spacial score (nSPS) is 11.3. The topological polar surface area (TPSA) is 108 Å². The van der Waals surface area contributed by atoms with Gasteiger partial charge < -0.3 is 31.1 Å². The summed E-state index contributed by atoms with van der Waals surface area (Å²) in [6.07, 6.45) is 0.328. The maximum Gasteiger partial charge on any atom is 0.121 e. The van der Waals surface area contributed by atoms with Crippen LogP contribution < -0.4 is 15.8 Å². The molecule has 0 saturated carbocycles. The number of aromatic hydroxyl groups is 1. The van der Waals surface area contributed by atoms with E-state index in [9.17, 15) is 10.2 Å². The maximum atomic E-state index is 9.35. The number of rotatable bonds is 8. The molecule has 0 aliphatic heterocycles. The largest absolute Gasteiger partial charge is 0.508 e. The van der Waals surface area contributed by atoms with Crippen molar-refractivity contribution in [1.29, 1.82) is 0 Å². The number of aliphatic hydroxyl groups is 2. The predicted molar refractivity (Wildman–Crippen MR) is 125 cm³/mol. The van der Waals surface area contributed by atoms with Gasteiger partial charge in [0.05, 0.1) is 19.3 Å². The van der Waals surface area contributed by atoms with Crippen LogP contribution in [0.25, 0.3) is 0 Å². The summed E-state index contributed by atoms with van der Waals surface area (Å²) >= 11 is 0. The van der Waals surface area contributed by atoms with Crippen molar-refractivity contribution in [2.45, 2.75) is 33.0 Å². The first-order valence-electron chi connectivity index (χ1n) is 10.4. The summed E-state index contributed by atoms with van der Waals surface area (Å²) in [6, 6.07) is 21.1. The van der Waals surface area contributed by atoms with E-state index in [0.717, 1.165) is 23.5 Å². The summed E-state index contributed by atoms with van der Waals surface area (Å²) in [4.78, 5) is 0. The van der Waals surface area contributed by atoms with E-state index in [1.54, 1.807) is 6.07 Å². The molecule has 1 atom stereocenters. The van der Waals surface area contributed by atoms with Crippen molar-refractivity contribution in [1.82, 2.24) is 0 Å². The quantitative estimate of drug-likeness (QED) is 0.370. The minimum atomic E-state index is -0.745. The zero-order chi connectivity index (χ0) is 22.6. The average Bonchev–Trinajstić information content (AvgIpc) is 2.81. The zero-order valence-corrected chi connectivity index (χ0v) is 18.1. The molecule has 0 radical (unpaired) electrons. The highest BCUT2D eigenvalue weighted by molar-refractivity contribution is 5.60. The molecule has 3 aromatic rings. The molecule has 0 spiro atoms. The van der Waals surface area contributed by atoms with Gasteiger partial charge in [-0.3, -0.25) is 0 Å². The Hall–Kier alpha value is -3.06. The fourth-order valence-electron chi connectivity index (χ4n) is 2.87. The first-order chi connectivity index (χ1) is 15.0. The molecule has 31 heavy (non-hydrogen) atoms. The summed E-state index contributed by atoms with van der Waals surface area (Å²) in [5, 5.41) is 30.8. The Morgan fingerprint density at radius 1 is 0.935 bits per heavy atom. The molecule has 0 amide bonds. The lowest BCUT2D eigenvalue weighted by Crippen LogP contribution is -2.11. The molecule has 0 bridgehead atoms. The molecule has 0 aliphatic carbocycles. The van der Waals surface area contributed by atoms with Crippen LogP contribution in [0.4, 0.5) is 11.4 Å². The van der Waals surface area contributed by atoms with Crippen LogP contribution >= 0.6 is 0 Å². The number of hydrogen-bond acceptors (Lipinski definition) is 6. The summed E-state index contributed by atoms with van der Waals surface area (Å²) < 4.78 is 5.41. The van der Waals surface area contributed by atoms with Crippen LogP contribution in [0.5, 0.6) is 11.5 Å². The van der Waals surface area contributed by atoms with Gasteiger partial charge in [-0.1, -0.05) is 25.1 Å². The lowest BCUT2D eigenvalue weighted by Gasteiger charge is -2.09. The Morgan fingerprint density at radius 2 is 1.55 bits per heavy atom. The number of benzene rings is 3. The number of nitrogens with one attached hydrogen (secondary N) is 1. The fourth-order valence-corrected chi connectivity index (χ4v) is 2.87. The summed E-state index contributed by atoms with van der Waals surface area (Å²) in [5.41, 5.74) is 9.79. The monoisotopic (exact) mass is 424 g/mol. The molecule has 3 rings (SSSR count). The van der Waals surface area contributed by atoms with Gasteiger partial charge in [-0.05, 0) is 73.0 Å². The van der Waals surface area contributed by atoms with Crippen LogP contribution in [-0.4, -0.2) is 28.5 Å². The van der Waals surface area contributed by atoms with Crippen molar-refractivity contribution in [2.75, 3.05) is 18.5 Å². The standard InChI is InChI=1S/C16H19NO.C9H13NO3/c1-3-13-5-7-14(8-6-13)17-15-9-11-16(12-10-15)18-4-2;10-4-9(13)6-1-2-8(12)7(3-6)5-11/h5-12,17H,3-4H2,1-2H3;1-3,9,11-13H,4-5,10H2. The summed E-state index contributed by atoms with van der Waals surface area (Å²) in [6.45, 7) is 4.72. The van der Waals surface area contributed by atoms with Crippen LogP contribution in [-0.2, 0) is 13.0 Å². The van der Waals surface area contributed by atoms with Crippen LogP contribution in [0.1, 0.15) is 36.6 Å². The Bertz CT molecular complexity index is 912. The third kappa shape index (κ3) is 7.61. The number of aryl methyl sites for hydroxylation is 1. The van der Waals surface area contributed by atoms with Gasteiger partial charge in [-0.25, -0.2) is 0 Å². The molecular weight excluding hydrogens is 392 g/mol. The predicted octanol–water partition coefficient (Wildman–Crippen LogP) is 4.27. The number of anilines is 2. The van der Waals surface area contributed by atoms with Crippen molar-refractivity contribution in [3.05, 3.63) is 83.4 Å². The highest BCUT2D eigenvalue weighted by Crippen LogP contribution is 2.22. The van der Waals surface area contributed by atoms with E-state index in [2.05, 4.69) is 36.5 Å². The van der Waals surface area contributed by atoms with Gasteiger partial charge in [0.1, 0.15) is 11.5 Å². The van der Waals surface area contributed by atoms with Crippen molar-refractivity contribution >= 4 is 11.4 Å². The minimum absolute atomic E-state index is 0.0236. The highest BCUT2D eigenvalue weighted by Gasteiger charge is 2.07. The molecule has 6 nitrogen and oxygen atoms in total. The van der Waals surface area contributed by atoms with Gasteiger partial charge >= 0.3 is 0 Å². The van der Waals surface area contributed by atoms with Crippen LogP contribution in [0.2, 0.25) is 0 Å². The molecule has 6 heteroatoms. The first kappa shape index (κ1) is 24.2. The molecule has 6 N–H and O–H groups in total. The SMILES string of the molecule is CCOc1ccc(Nc2ccc(CC)cc2)cc1.NCC(O)c1ccc(O)c(CO)c1. The molecule has 0 aromatic heterocycles. The van der Waals surface area contributed by atoms with Crippen LogP contribution in [0, 0.1) is 0 Å². The fraction of sp³-hybridized carbons (Fsp3) is 0.280. The molecule has 166 valence electrons. The van der Waals surface area contributed by atoms with Crippen molar-refractivity contribution in [2.24, 2.45) is 5.73 Å². The Kier molecular flexibility index (Phi) is 9.84. The lowest BCUT2D eigenvalue weighted by atomic mass is 10.1. The number of ether oxygens (including phenoxy) is 1. The van der Waals surface area contributed by atoms with Gasteiger partial charge in [-0.2, -0.15) is 0 Å². The maximum absolute atomic E-state index is 9.35. The molecule has 0 saturated heterocycles. The van der Waals surface area contributed by atoms with E-state index in [-0.39, 0.29) is 18.9 Å². The molecule has 3 aromatic carbocycles. The van der Waals surface area contributed by atoms with Crippen LogP contribution in [0.3, 0.4) is 0 Å². The number of aliphatic hydroxyl groups excluding tert-OH is 2. The Labute approximate surface area is 183 Å². The van der Waals surface area contributed by atoms with E-state index in [4.69, 9.17) is 15.6 Å². The second-order valence-electron chi connectivity index (χ2n) is 6.93. The van der Waals surface area contributed by atoms with E-state index in [1.807, 2.05) is 31.2 Å². The Morgan fingerprint density at radius 3 is 2.06 bits per heavy atom. The number of phenols is 1. The van der Waals surface area contributed by atoms with Crippen molar-refractivity contribution < 1.29 is 20.1 Å². The van der Waals surface area contributed by atoms with Gasteiger partial charge in [-0.15, -0.1) is 0 Å². The van der Waals surface area contributed by atoms with E-state index >= 15 is 0 Å². The Balaban J connectivity index is 0.000000233. The van der Waals surface area contributed by atoms with Gasteiger partial charge in [0.2, 0.25) is 0 Å². The molecule has 0 heterocycles. The number of nitrogens with two attached hydrogens (primary N) is 1. The molecule has 0 fully saturated rings. The number of hydrogen-bond donors (Lipinski definition) is 5. The van der Waals surface area contributed by atoms with Crippen LogP contribution in [0.15, 0.2) is 66.7 Å². The third-order valence-corrected chi connectivity index (χ3v) is 4.70. The first-order valence-corrected chi connectivity index (χ1v) is 10.4. The summed E-state index contributed by atoms with van der Waals surface area (Å²) in [7, 11) is 0. The van der Waals surface area contributed by atoms with Crippen molar-refractivity contribution in [3.8, 4) is 11.5 Å². The minimum Gasteiger partial charge on any atom is -0.508 e. The van der Waals surface area contributed by atoms with Gasteiger partial charge in [0.25, 0.3) is 0 Å². The van der Waals surface area contributed by atoms with Gasteiger partial charge in [0, 0.05) is 23.5 Å². The highest BCUT2D eigenvalue weighted by atomic mass is 16.5. The van der Waals surface area contributed by atoms with Crippen molar-refractivity contribution in [3.63, 3.8) is 0 Å². The molecule has 1 unspecified atom stereocenters. The summed E-state index contributed by atoms with van der Waals surface area (Å²) in [5.74, 6) is 0.930.